The van der Waals surface area contributed by atoms with Crippen LogP contribution in [-0.2, 0) is 18.9 Å². The second-order valence-electron chi connectivity index (χ2n) is 5.24. The molecule has 0 aromatic heterocycles. The highest BCUT2D eigenvalue weighted by molar-refractivity contribution is 5.21. The molecule has 1 saturated heterocycles. The van der Waals surface area contributed by atoms with Crippen LogP contribution in [0.4, 0.5) is 0 Å². The smallest absolute Gasteiger partial charge is 0.157 e. The Hall–Kier alpha value is -0.880. The van der Waals surface area contributed by atoms with E-state index in [1.807, 2.05) is 12.2 Å². The number of aliphatic hydroxyl groups excluding tert-OH is 1. The second kappa shape index (κ2) is 9.95. The Morgan fingerprint density at radius 1 is 1.10 bits per heavy atom. The molecule has 1 fully saturated rings. The van der Waals surface area contributed by atoms with Crippen molar-refractivity contribution < 1.29 is 24.1 Å². The molecule has 0 spiro atoms. The summed E-state index contributed by atoms with van der Waals surface area (Å²) in [5, 5.41) is 8.99. The number of ether oxygens (including phenoxy) is 4. The van der Waals surface area contributed by atoms with E-state index in [-0.39, 0.29) is 12.9 Å². The predicted octanol–water partition coefficient (Wildman–Crippen LogP) is 2.16. The first-order valence-corrected chi connectivity index (χ1v) is 7.81. The summed E-state index contributed by atoms with van der Waals surface area (Å²) in [6.45, 7) is 3.18. The number of hydrogen-bond donors (Lipinski definition) is 1. The molecule has 0 bridgehead atoms. The summed E-state index contributed by atoms with van der Waals surface area (Å²) < 4.78 is 22.1. The van der Waals surface area contributed by atoms with E-state index >= 15 is 0 Å². The molecule has 1 aliphatic heterocycles. The first kappa shape index (κ1) is 16.5. The quantitative estimate of drug-likeness (QED) is 0.661. The third-order valence-electron chi connectivity index (χ3n) is 3.58. The Balaban J connectivity index is 1.43. The largest absolute Gasteiger partial charge is 0.496 e. The molecule has 1 unspecified atom stereocenters. The van der Waals surface area contributed by atoms with Gasteiger partial charge in [-0.1, -0.05) is 6.08 Å². The molecular weight excluding hydrogens is 272 g/mol. The molecule has 5 nitrogen and oxygen atoms in total. The van der Waals surface area contributed by atoms with Gasteiger partial charge in [0.2, 0.25) is 0 Å². The number of allylic oxidation sites excluding steroid dienone is 3. The van der Waals surface area contributed by atoms with Gasteiger partial charge in [0.25, 0.3) is 0 Å². The highest BCUT2D eigenvalue weighted by Crippen LogP contribution is 2.18. The molecule has 0 saturated carbocycles. The van der Waals surface area contributed by atoms with E-state index in [1.54, 1.807) is 0 Å². The van der Waals surface area contributed by atoms with Gasteiger partial charge in [-0.25, -0.2) is 0 Å². The van der Waals surface area contributed by atoms with E-state index < -0.39 is 0 Å². The van der Waals surface area contributed by atoms with E-state index in [0.29, 0.717) is 26.4 Å². The standard InChI is InChI=1S/C16H26O5/c17-13-14-4-6-15(7-5-14)19-11-9-18-10-12-21-16-3-1-2-8-20-16/h4,6,16-17H,1-3,5,7-13H2. The highest BCUT2D eigenvalue weighted by atomic mass is 16.7. The Morgan fingerprint density at radius 2 is 2.00 bits per heavy atom. The van der Waals surface area contributed by atoms with Crippen molar-refractivity contribution in [2.75, 3.05) is 39.6 Å². The SMILES string of the molecule is OCC1=CC=C(OCCOCCOC2CCCCO2)CC1. The lowest BCUT2D eigenvalue weighted by molar-refractivity contribution is -0.169. The van der Waals surface area contributed by atoms with Crippen LogP contribution in [-0.4, -0.2) is 51.0 Å². The molecule has 5 heteroatoms. The van der Waals surface area contributed by atoms with Crippen LogP contribution in [0.15, 0.2) is 23.5 Å². The lowest BCUT2D eigenvalue weighted by Crippen LogP contribution is -2.24. The van der Waals surface area contributed by atoms with Crippen molar-refractivity contribution >= 4 is 0 Å². The summed E-state index contributed by atoms with van der Waals surface area (Å²) in [6, 6.07) is 0. The van der Waals surface area contributed by atoms with Gasteiger partial charge in [0.05, 0.1) is 32.2 Å². The summed E-state index contributed by atoms with van der Waals surface area (Å²) in [5.74, 6) is 0.961. The predicted molar refractivity (Wildman–Crippen MR) is 78.8 cm³/mol. The molecule has 0 aromatic carbocycles. The molecule has 0 radical (unpaired) electrons. The fourth-order valence-electron chi connectivity index (χ4n) is 2.33. The normalized spacial score (nSPS) is 22.6. The van der Waals surface area contributed by atoms with Crippen LogP contribution in [0.5, 0.6) is 0 Å². The highest BCUT2D eigenvalue weighted by Gasteiger charge is 2.13. The number of aliphatic hydroxyl groups is 1. The molecule has 1 atom stereocenters. The maximum absolute atomic E-state index is 8.99. The summed E-state index contributed by atoms with van der Waals surface area (Å²) in [5.41, 5.74) is 1.06. The summed E-state index contributed by atoms with van der Waals surface area (Å²) in [4.78, 5) is 0. The van der Waals surface area contributed by atoms with Crippen LogP contribution in [0, 0.1) is 0 Å². The van der Waals surface area contributed by atoms with Crippen LogP contribution in [0.3, 0.4) is 0 Å². The lowest BCUT2D eigenvalue weighted by Gasteiger charge is -2.22. The van der Waals surface area contributed by atoms with Gasteiger partial charge in [-0.15, -0.1) is 0 Å². The van der Waals surface area contributed by atoms with Crippen molar-refractivity contribution in [2.24, 2.45) is 0 Å². The average molecular weight is 298 g/mol. The van der Waals surface area contributed by atoms with Gasteiger partial charge in [-0.2, -0.15) is 0 Å². The topological polar surface area (TPSA) is 57.2 Å². The van der Waals surface area contributed by atoms with E-state index in [9.17, 15) is 0 Å². The maximum Gasteiger partial charge on any atom is 0.157 e. The molecule has 1 N–H and O–H groups in total. The van der Waals surface area contributed by atoms with Crippen LogP contribution >= 0.6 is 0 Å². The monoisotopic (exact) mass is 298 g/mol. The van der Waals surface area contributed by atoms with Crippen molar-refractivity contribution in [1.29, 1.82) is 0 Å². The summed E-state index contributed by atoms with van der Waals surface area (Å²) in [7, 11) is 0. The van der Waals surface area contributed by atoms with E-state index in [0.717, 1.165) is 43.6 Å². The van der Waals surface area contributed by atoms with Crippen molar-refractivity contribution in [1.82, 2.24) is 0 Å². The van der Waals surface area contributed by atoms with Crippen molar-refractivity contribution in [3.63, 3.8) is 0 Å². The van der Waals surface area contributed by atoms with Gasteiger partial charge >= 0.3 is 0 Å². The second-order valence-corrected chi connectivity index (χ2v) is 5.24. The molecule has 0 amide bonds. The molecular formula is C16H26O5. The Bertz CT molecular complexity index is 345. The van der Waals surface area contributed by atoms with E-state index in [1.165, 1.54) is 6.42 Å². The van der Waals surface area contributed by atoms with E-state index in [2.05, 4.69) is 0 Å². The van der Waals surface area contributed by atoms with Crippen molar-refractivity contribution in [3.8, 4) is 0 Å². The molecule has 21 heavy (non-hydrogen) atoms. The molecule has 1 aliphatic carbocycles. The molecule has 0 aromatic rings. The van der Waals surface area contributed by atoms with Gasteiger partial charge < -0.3 is 24.1 Å². The van der Waals surface area contributed by atoms with Gasteiger partial charge in [-0.05, 0) is 37.3 Å². The fourth-order valence-corrected chi connectivity index (χ4v) is 2.33. The third-order valence-corrected chi connectivity index (χ3v) is 3.58. The molecule has 2 rings (SSSR count). The van der Waals surface area contributed by atoms with Gasteiger partial charge in [-0.3, -0.25) is 0 Å². The first-order chi connectivity index (χ1) is 10.4. The lowest BCUT2D eigenvalue weighted by atomic mass is 10.0. The zero-order valence-corrected chi connectivity index (χ0v) is 12.6. The minimum absolute atomic E-state index is 0.0431. The average Bonchev–Trinajstić information content (AvgIpc) is 2.55. The Kier molecular flexibility index (Phi) is 7.81. The summed E-state index contributed by atoms with van der Waals surface area (Å²) >= 11 is 0. The minimum atomic E-state index is -0.0431. The first-order valence-electron chi connectivity index (χ1n) is 7.81. The van der Waals surface area contributed by atoms with Crippen LogP contribution < -0.4 is 0 Å². The van der Waals surface area contributed by atoms with Gasteiger partial charge in [0, 0.05) is 13.0 Å². The van der Waals surface area contributed by atoms with Gasteiger partial charge in [0.1, 0.15) is 6.61 Å². The summed E-state index contributed by atoms with van der Waals surface area (Å²) in [6.07, 6.45) is 8.85. The van der Waals surface area contributed by atoms with E-state index in [4.69, 9.17) is 24.1 Å². The Morgan fingerprint density at radius 3 is 2.71 bits per heavy atom. The number of rotatable bonds is 9. The maximum atomic E-state index is 8.99. The Labute approximate surface area is 126 Å². The van der Waals surface area contributed by atoms with Crippen LogP contribution in [0.25, 0.3) is 0 Å². The van der Waals surface area contributed by atoms with Crippen LogP contribution in [0.2, 0.25) is 0 Å². The third kappa shape index (κ3) is 6.61. The van der Waals surface area contributed by atoms with Gasteiger partial charge in [0.15, 0.2) is 6.29 Å². The minimum Gasteiger partial charge on any atom is -0.496 e. The van der Waals surface area contributed by atoms with Crippen molar-refractivity contribution in [2.45, 2.75) is 38.4 Å². The zero-order valence-electron chi connectivity index (χ0n) is 12.6. The van der Waals surface area contributed by atoms with Crippen molar-refractivity contribution in [3.05, 3.63) is 23.5 Å². The molecule has 1 heterocycles. The fraction of sp³-hybridized carbons (Fsp3) is 0.750. The molecule has 120 valence electrons. The zero-order chi connectivity index (χ0) is 14.8. The van der Waals surface area contributed by atoms with Crippen LogP contribution in [0.1, 0.15) is 32.1 Å². The number of hydrogen-bond acceptors (Lipinski definition) is 5. The molecule has 2 aliphatic rings.